The largest absolute Gasteiger partial charge is 0.467 e. The van der Waals surface area contributed by atoms with Gasteiger partial charge in [0.25, 0.3) is 0 Å². The molecule has 7 nitrogen and oxygen atoms in total. The second-order valence-corrected chi connectivity index (χ2v) is 9.48. The molecule has 0 heterocycles. The van der Waals surface area contributed by atoms with Crippen LogP contribution in [0.25, 0.3) is 11.1 Å². The van der Waals surface area contributed by atoms with E-state index in [2.05, 4.69) is 5.32 Å². The molecule has 0 radical (unpaired) electrons. The van der Waals surface area contributed by atoms with Crippen molar-refractivity contribution in [3.63, 3.8) is 0 Å². The van der Waals surface area contributed by atoms with E-state index in [-0.39, 0.29) is 19.1 Å². The number of rotatable bonds is 13. The van der Waals surface area contributed by atoms with Crippen molar-refractivity contribution in [3.05, 3.63) is 94.0 Å². The predicted molar refractivity (Wildman–Crippen MR) is 147 cm³/mol. The van der Waals surface area contributed by atoms with Crippen LogP contribution in [0.1, 0.15) is 11.1 Å². The first-order valence-corrected chi connectivity index (χ1v) is 12.7. The summed E-state index contributed by atoms with van der Waals surface area (Å²) in [7, 11) is 4.12. The Morgan fingerprint density at radius 1 is 0.842 bits per heavy atom. The fourth-order valence-corrected chi connectivity index (χ4v) is 4.62. The van der Waals surface area contributed by atoms with E-state index in [1.54, 1.807) is 6.07 Å². The van der Waals surface area contributed by atoms with Gasteiger partial charge in [0.2, 0.25) is 5.91 Å². The number of halogens is 2. The van der Waals surface area contributed by atoms with Crippen molar-refractivity contribution < 1.29 is 28.5 Å². The molecule has 0 fully saturated rings. The van der Waals surface area contributed by atoms with Gasteiger partial charge >= 0.3 is 5.97 Å². The third kappa shape index (κ3) is 8.55. The second-order valence-electron chi connectivity index (χ2n) is 8.61. The molecule has 0 aliphatic carbocycles. The number of amides is 1. The molecule has 3 aromatic carbocycles. The number of methoxy groups -OCH3 is 3. The minimum atomic E-state index is -1.08. The van der Waals surface area contributed by atoms with Crippen LogP contribution in [0.15, 0.2) is 72.8 Å². The van der Waals surface area contributed by atoms with Crippen molar-refractivity contribution in [3.8, 4) is 11.1 Å². The first-order chi connectivity index (χ1) is 18.3. The summed E-state index contributed by atoms with van der Waals surface area (Å²) in [6, 6.07) is 22.0. The maximum atomic E-state index is 12.6. The van der Waals surface area contributed by atoms with E-state index in [0.29, 0.717) is 16.5 Å². The Kier molecular flexibility index (Phi) is 11.6. The van der Waals surface area contributed by atoms with Gasteiger partial charge in [-0.05, 0) is 46.9 Å². The highest BCUT2D eigenvalue weighted by atomic mass is 35.5. The van der Waals surface area contributed by atoms with Crippen LogP contribution in [0.3, 0.4) is 0 Å². The summed E-state index contributed by atoms with van der Waals surface area (Å²) in [5, 5.41) is 4.04. The summed E-state index contributed by atoms with van der Waals surface area (Å²) in [5.74, 6) is -0.958. The number of nitrogens with one attached hydrogen (secondary N) is 1. The zero-order valence-electron chi connectivity index (χ0n) is 21.5. The van der Waals surface area contributed by atoms with Gasteiger partial charge in [-0.15, -0.1) is 0 Å². The minimum Gasteiger partial charge on any atom is -0.467 e. The maximum absolute atomic E-state index is 12.6. The standard InChI is InChI=1S/C29H31Cl2NO6/c1-35-18-26(33)32-25(13-19-9-11-21(12-10-19)22-14-23(30)16-24(31)15-22)27(28(36-2)29(34)37-3)38-17-20-7-5-4-6-8-20/h4-12,14-16,25,27-28H,13,17-18H2,1-3H3,(H,32,33)/t25-,27-,28+/m0/s1. The van der Waals surface area contributed by atoms with Gasteiger partial charge < -0.3 is 24.3 Å². The van der Waals surface area contributed by atoms with Gasteiger partial charge in [-0.3, -0.25) is 4.79 Å². The van der Waals surface area contributed by atoms with Crippen LogP contribution < -0.4 is 5.32 Å². The van der Waals surface area contributed by atoms with E-state index in [9.17, 15) is 9.59 Å². The Morgan fingerprint density at radius 2 is 1.50 bits per heavy atom. The van der Waals surface area contributed by atoms with E-state index in [0.717, 1.165) is 22.3 Å². The lowest BCUT2D eigenvalue weighted by Crippen LogP contribution is -2.54. The van der Waals surface area contributed by atoms with E-state index in [1.165, 1.54) is 21.3 Å². The van der Waals surface area contributed by atoms with E-state index >= 15 is 0 Å². The van der Waals surface area contributed by atoms with Crippen molar-refractivity contribution in [2.75, 3.05) is 27.9 Å². The molecule has 3 rings (SSSR count). The first-order valence-electron chi connectivity index (χ1n) is 11.9. The molecule has 9 heteroatoms. The van der Waals surface area contributed by atoms with Gasteiger partial charge in [0.05, 0.1) is 19.8 Å². The van der Waals surface area contributed by atoms with E-state index < -0.39 is 24.2 Å². The van der Waals surface area contributed by atoms with Crippen LogP contribution in [0.2, 0.25) is 10.0 Å². The van der Waals surface area contributed by atoms with Crippen molar-refractivity contribution in [1.82, 2.24) is 5.32 Å². The Balaban J connectivity index is 1.91. The van der Waals surface area contributed by atoms with Crippen LogP contribution >= 0.6 is 23.2 Å². The molecule has 0 aliphatic heterocycles. The number of hydrogen-bond donors (Lipinski definition) is 1. The Morgan fingerprint density at radius 3 is 2.08 bits per heavy atom. The van der Waals surface area contributed by atoms with Gasteiger partial charge in [0, 0.05) is 24.3 Å². The van der Waals surface area contributed by atoms with Crippen molar-refractivity contribution in [1.29, 1.82) is 0 Å². The molecule has 0 aromatic heterocycles. The van der Waals surface area contributed by atoms with Gasteiger partial charge in [0.1, 0.15) is 12.7 Å². The quantitative estimate of drug-likeness (QED) is 0.293. The average molecular weight is 560 g/mol. The molecule has 3 atom stereocenters. The van der Waals surface area contributed by atoms with Crippen LogP contribution in [-0.2, 0) is 41.6 Å². The maximum Gasteiger partial charge on any atom is 0.337 e. The monoisotopic (exact) mass is 559 g/mol. The summed E-state index contributed by atoms with van der Waals surface area (Å²) in [6.45, 7) is 0.0553. The van der Waals surface area contributed by atoms with Crippen molar-refractivity contribution >= 4 is 35.1 Å². The molecule has 0 unspecified atom stereocenters. The van der Waals surface area contributed by atoms with Crippen LogP contribution in [0.4, 0.5) is 0 Å². The number of hydrogen-bond acceptors (Lipinski definition) is 6. The molecule has 38 heavy (non-hydrogen) atoms. The number of esters is 1. The smallest absolute Gasteiger partial charge is 0.337 e. The third-order valence-electron chi connectivity index (χ3n) is 5.89. The van der Waals surface area contributed by atoms with Gasteiger partial charge in [0.15, 0.2) is 6.10 Å². The topological polar surface area (TPSA) is 83.1 Å². The Labute approximate surface area is 232 Å². The summed E-state index contributed by atoms with van der Waals surface area (Å²) in [6.07, 6.45) is -1.59. The fraction of sp³-hybridized carbons (Fsp3) is 0.310. The van der Waals surface area contributed by atoms with Crippen LogP contribution in [-0.4, -0.2) is 58.1 Å². The molecular weight excluding hydrogens is 529 g/mol. The molecule has 0 spiro atoms. The van der Waals surface area contributed by atoms with Crippen LogP contribution in [0.5, 0.6) is 0 Å². The molecular formula is C29H31Cl2NO6. The fourth-order valence-electron chi connectivity index (χ4n) is 4.10. The lowest BCUT2D eigenvalue weighted by atomic mass is 9.95. The molecule has 0 aliphatic rings. The highest BCUT2D eigenvalue weighted by Crippen LogP contribution is 2.28. The molecule has 0 saturated heterocycles. The van der Waals surface area contributed by atoms with E-state index in [4.69, 9.17) is 42.1 Å². The zero-order valence-corrected chi connectivity index (χ0v) is 23.0. The van der Waals surface area contributed by atoms with Gasteiger partial charge in [-0.1, -0.05) is 77.8 Å². The second kappa shape index (κ2) is 14.9. The molecule has 0 saturated carbocycles. The van der Waals surface area contributed by atoms with E-state index in [1.807, 2.05) is 66.7 Å². The first kappa shape index (κ1) is 29.6. The lowest BCUT2D eigenvalue weighted by molar-refractivity contribution is -0.166. The molecule has 1 N–H and O–H groups in total. The summed E-state index contributed by atoms with van der Waals surface area (Å²) in [4.78, 5) is 25.2. The third-order valence-corrected chi connectivity index (χ3v) is 6.33. The number of carbonyl (C=O) groups excluding carboxylic acids is 2. The van der Waals surface area contributed by atoms with Crippen molar-refractivity contribution in [2.24, 2.45) is 0 Å². The lowest BCUT2D eigenvalue weighted by Gasteiger charge is -2.32. The van der Waals surface area contributed by atoms with Crippen LogP contribution in [0, 0.1) is 0 Å². The van der Waals surface area contributed by atoms with Gasteiger partial charge in [-0.25, -0.2) is 4.79 Å². The number of carbonyl (C=O) groups is 2. The minimum absolute atomic E-state index is 0.147. The molecule has 0 bridgehead atoms. The average Bonchev–Trinajstić information content (AvgIpc) is 2.91. The highest BCUT2D eigenvalue weighted by molar-refractivity contribution is 6.35. The van der Waals surface area contributed by atoms with Crippen molar-refractivity contribution in [2.45, 2.75) is 31.3 Å². The van der Waals surface area contributed by atoms with Gasteiger partial charge in [-0.2, -0.15) is 0 Å². The summed E-state index contributed by atoms with van der Waals surface area (Å²) in [5.41, 5.74) is 3.62. The highest BCUT2D eigenvalue weighted by Gasteiger charge is 2.37. The molecule has 202 valence electrons. The normalized spacial score (nSPS) is 13.4. The summed E-state index contributed by atoms with van der Waals surface area (Å²) < 4.78 is 21.7. The number of ether oxygens (including phenoxy) is 4. The zero-order chi connectivity index (χ0) is 27.5. The Hall–Kier alpha value is -2.94. The Bertz CT molecular complexity index is 1170. The molecule has 3 aromatic rings. The predicted octanol–water partition coefficient (Wildman–Crippen LogP) is 5.11. The number of benzene rings is 3. The SMILES string of the molecule is COCC(=O)N[C@@H](Cc1ccc(-c2cc(Cl)cc(Cl)c2)cc1)[C@H](OCc1ccccc1)[C@@H](OC)C(=O)OC. The molecule has 1 amide bonds. The summed E-state index contributed by atoms with van der Waals surface area (Å²) >= 11 is 12.3.